The lowest BCUT2D eigenvalue weighted by Crippen LogP contribution is -2.34. The summed E-state index contributed by atoms with van der Waals surface area (Å²) in [6.45, 7) is 5.00. The molecule has 1 atom stereocenters. The predicted molar refractivity (Wildman–Crippen MR) is 64.0 cm³/mol. The number of nitrogens with zero attached hydrogens (tertiary/aromatic N) is 2. The van der Waals surface area contributed by atoms with E-state index < -0.39 is 9.84 Å². The van der Waals surface area contributed by atoms with E-state index in [1.807, 2.05) is 17.7 Å². The lowest BCUT2D eigenvalue weighted by molar-refractivity contribution is 0.487. The minimum Gasteiger partial charge on any atom is -0.336 e. The average Bonchev–Trinajstić information content (AvgIpc) is 2.70. The van der Waals surface area contributed by atoms with Gasteiger partial charge in [-0.3, -0.25) is 0 Å². The summed E-state index contributed by atoms with van der Waals surface area (Å²) < 4.78 is 24.4. The summed E-state index contributed by atoms with van der Waals surface area (Å²) in [4.78, 5) is 3.95. The second-order valence-electron chi connectivity index (χ2n) is 3.85. The molecule has 0 amide bonds. The fourth-order valence-electron chi connectivity index (χ4n) is 1.38. The van der Waals surface area contributed by atoms with Crippen LogP contribution in [0.3, 0.4) is 0 Å². The summed E-state index contributed by atoms with van der Waals surface area (Å²) in [7, 11) is -2.86. The summed E-state index contributed by atoms with van der Waals surface area (Å²) in [6.07, 6.45) is 5.37. The van der Waals surface area contributed by atoms with Crippen molar-refractivity contribution in [2.75, 3.05) is 18.1 Å². The topological polar surface area (TPSA) is 64.0 Å². The molecule has 0 aliphatic carbocycles. The van der Waals surface area contributed by atoms with Crippen LogP contribution in [0, 0.1) is 0 Å². The van der Waals surface area contributed by atoms with Gasteiger partial charge >= 0.3 is 0 Å². The predicted octanol–water partition coefficient (Wildman–Crippen LogP) is 0.296. The third-order valence-electron chi connectivity index (χ3n) is 2.39. The van der Waals surface area contributed by atoms with E-state index in [1.165, 1.54) is 0 Å². The number of sulfone groups is 1. The molecule has 5 nitrogen and oxygen atoms in total. The highest BCUT2D eigenvalue weighted by atomic mass is 32.2. The fraction of sp³-hybridized carbons (Fsp3) is 0.700. The largest absolute Gasteiger partial charge is 0.336 e. The third-order valence-corrected chi connectivity index (χ3v) is 4.10. The molecule has 16 heavy (non-hydrogen) atoms. The normalized spacial score (nSPS) is 13.9. The van der Waals surface area contributed by atoms with Crippen molar-refractivity contribution in [1.82, 2.24) is 14.9 Å². The highest BCUT2D eigenvalue weighted by Gasteiger charge is 2.08. The highest BCUT2D eigenvalue weighted by molar-refractivity contribution is 7.91. The van der Waals surface area contributed by atoms with Crippen LogP contribution in [0.2, 0.25) is 0 Å². The number of imidazole rings is 1. The van der Waals surface area contributed by atoms with Crippen molar-refractivity contribution in [3.05, 3.63) is 18.7 Å². The minimum absolute atomic E-state index is 0.206. The van der Waals surface area contributed by atoms with Gasteiger partial charge in [0.15, 0.2) is 9.84 Å². The Bertz CT molecular complexity index is 386. The van der Waals surface area contributed by atoms with Crippen LogP contribution in [0.25, 0.3) is 0 Å². The molecule has 0 bridgehead atoms. The molecule has 1 N–H and O–H groups in total. The standard InChI is InChI=1S/C10H19N3O2S/c1-3-16(14,15)7-5-12-10(2)8-13-6-4-11-9-13/h4,6,9-10,12H,3,5,7-8H2,1-2H3. The molecule has 1 heterocycles. The van der Waals surface area contributed by atoms with Crippen LogP contribution < -0.4 is 5.32 Å². The van der Waals surface area contributed by atoms with E-state index in [9.17, 15) is 8.42 Å². The average molecular weight is 245 g/mol. The molecule has 1 rings (SSSR count). The highest BCUT2D eigenvalue weighted by Crippen LogP contribution is 1.92. The van der Waals surface area contributed by atoms with E-state index in [1.54, 1.807) is 19.4 Å². The molecule has 0 aromatic carbocycles. The summed E-state index contributed by atoms with van der Waals surface area (Å²) in [6, 6.07) is 0.237. The number of aromatic nitrogens is 2. The van der Waals surface area contributed by atoms with Gasteiger partial charge in [0, 0.05) is 37.3 Å². The zero-order valence-electron chi connectivity index (χ0n) is 9.76. The van der Waals surface area contributed by atoms with Gasteiger partial charge in [0.05, 0.1) is 12.1 Å². The maximum absolute atomic E-state index is 11.2. The number of rotatable bonds is 7. The van der Waals surface area contributed by atoms with E-state index in [0.29, 0.717) is 6.54 Å². The van der Waals surface area contributed by atoms with Crippen LogP contribution in [-0.4, -0.2) is 42.1 Å². The zero-order valence-corrected chi connectivity index (χ0v) is 10.6. The molecule has 1 aromatic rings. The van der Waals surface area contributed by atoms with Gasteiger partial charge in [-0.25, -0.2) is 13.4 Å². The summed E-state index contributed by atoms with van der Waals surface area (Å²) in [5.41, 5.74) is 0. The molecule has 0 saturated carbocycles. The molecule has 0 saturated heterocycles. The summed E-state index contributed by atoms with van der Waals surface area (Å²) in [5, 5.41) is 3.18. The van der Waals surface area contributed by atoms with E-state index in [-0.39, 0.29) is 17.5 Å². The van der Waals surface area contributed by atoms with Crippen LogP contribution in [0.4, 0.5) is 0 Å². The minimum atomic E-state index is -2.86. The Balaban J connectivity index is 2.23. The number of hydrogen-bond donors (Lipinski definition) is 1. The molecule has 1 aromatic heterocycles. The Morgan fingerprint density at radius 3 is 2.81 bits per heavy atom. The molecule has 0 aliphatic rings. The van der Waals surface area contributed by atoms with E-state index >= 15 is 0 Å². The van der Waals surface area contributed by atoms with Gasteiger partial charge < -0.3 is 9.88 Å². The SMILES string of the molecule is CCS(=O)(=O)CCNC(C)Cn1ccnc1. The van der Waals surface area contributed by atoms with Gasteiger partial charge in [0.25, 0.3) is 0 Å². The first kappa shape index (κ1) is 13.2. The Kier molecular flexibility index (Phi) is 4.95. The van der Waals surface area contributed by atoms with Crippen molar-refractivity contribution >= 4 is 9.84 Å². The molecular weight excluding hydrogens is 226 g/mol. The quantitative estimate of drug-likeness (QED) is 0.750. The lowest BCUT2D eigenvalue weighted by Gasteiger charge is -2.13. The summed E-state index contributed by atoms with van der Waals surface area (Å²) in [5.74, 6) is 0.419. The first-order valence-corrected chi connectivity index (χ1v) is 7.25. The van der Waals surface area contributed by atoms with Gasteiger partial charge in [0.1, 0.15) is 0 Å². The van der Waals surface area contributed by atoms with Crippen molar-refractivity contribution in [1.29, 1.82) is 0 Å². The van der Waals surface area contributed by atoms with Crippen LogP contribution >= 0.6 is 0 Å². The van der Waals surface area contributed by atoms with Crippen molar-refractivity contribution in [3.63, 3.8) is 0 Å². The second kappa shape index (κ2) is 6.00. The molecule has 6 heteroatoms. The Morgan fingerprint density at radius 1 is 1.50 bits per heavy atom. The van der Waals surface area contributed by atoms with Crippen molar-refractivity contribution in [3.8, 4) is 0 Å². The molecule has 1 unspecified atom stereocenters. The molecule has 0 radical (unpaired) electrons. The summed E-state index contributed by atoms with van der Waals surface area (Å²) >= 11 is 0. The first-order chi connectivity index (χ1) is 7.53. The van der Waals surface area contributed by atoms with Gasteiger partial charge in [-0.2, -0.15) is 0 Å². The lowest BCUT2D eigenvalue weighted by atomic mass is 10.3. The Hall–Kier alpha value is -0.880. The molecule has 0 aliphatic heterocycles. The smallest absolute Gasteiger partial charge is 0.151 e. The van der Waals surface area contributed by atoms with Gasteiger partial charge in [-0.15, -0.1) is 0 Å². The number of nitrogens with one attached hydrogen (secondary N) is 1. The Morgan fingerprint density at radius 2 is 2.25 bits per heavy atom. The van der Waals surface area contributed by atoms with Gasteiger partial charge in [-0.05, 0) is 6.92 Å². The third kappa shape index (κ3) is 4.76. The van der Waals surface area contributed by atoms with Crippen LogP contribution in [0.5, 0.6) is 0 Å². The maximum atomic E-state index is 11.2. The first-order valence-electron chi connectivity index (χ1n) is 5.43. The molecular formula is C10H19N3O2S. The van der Waals surface area contributed by atoms with Crippen LogP contribution in [-0.2, 0) is 16.4 Å². The zero-order chi connectivity index (χ0) is 12.0. The second-order valence-corrected chi connectivity index (χ2v) is 6.32. The van der Waals surface area contributed by atoms with Crippen molar-refractivity contribution in [2.24, 2.45) is 0 Å². The monoisotopic (exact) mass is 245 g/mol. The Labute approximate surface area is 96.8 Å². The number of hydrogen-bond acceptors (Lipinski definition) is 4. The van der Waals surface area contributed by atoms with Crippen molar-refractivity contribution < 1.29 is 8.42 Å². The van der Waals surface area contributed by atoms with Crippen LogP contribution in [0.1, 0.15) is 13.8 Å². The van der Waals surface area contributed by atoms with Crippen LogP contribution in [0.15, 0.2) is 18.7 Å². The fourth-order valence-corrected chi connectivity index (χ4v) is 2.10. The van der Waals surface area contributed by atoms with Crippen molar-refractivity contribution in [2.45, 2.75) is 26.4 Å². The van der Waals surface area contributed by atoms with E-state index in [0.717, 1.165) is 6.54 Å². The van der Waals surface area contributed by atoms with Gasteiger partial charge in [0.2, 0.25) is 0 Å². The van der Waals surface area contributed by atoms with Gasteiger partial charge in [-0.1, -0.05) is 6.92 Å². The molecule has 92 valence electrons. The molecule has 0 fully saturated rings. The van der Waals surface area contributed by atoms with E-state index in [2.05, 4.69) is 10.3 Å². The molecule has 0 spiro atoms. The maximum Gasteiger partial charge on any atom is 0.151 e. The van der Waals surface area contributed by atoms with E-state index in [4.69, 9.17) is 0 Å².